The first-order valence-corrected chi connectivity index (χ1v) is 15.1. The van der Waals surface area contributed by atoms with E-state index in [-0.39, 0.29) is 22.3 Å². The molecular formula is C31H25ClN2O5S2. The number of rotatable bonds is 7. The predicted molar refractivity (Wildman–Crippen MR) is 165 cm³/mol. The number of aliphatic imine (C=N–C) groups is 1. The number of thioether (sulfide) groups is 1. The molecule has 1 aliphatic heterocycles. The van der Waals surface area contributed by atoms with Crippen LogP contribution in [0.2, 0.25) is 5.02 Å². The molecule has 1 saturated heterocycles. The molecule has 1 heterocycles. The Hall–Kier alpha value is -4.05. The van der Waals surface area contributed by atoms with Gasteiger partial charge in [-0.25, -0.2) is 4.99 Å². The monoisotopic (exact) mass is 604 g/mol. The molecule has 10 heteroatoms. The molecule has 7 nitrogen and oxygen atoms in total. The Morgan fingerprint density at radius 1 is 0.854 bits per heavy atom. The van der Waals surface area contributed by atoms with Crippen molar-refractivity contribution in [3.63, 3.8) is 0 Å². The first-order chi connectivity index (χ1) is 19.6. The molecule has 0 spiro atoms. The van der Waals surface area contributed by atoms with Crippen LogP contribution < -0.4 is 13.8 Å². The number of carbonyl (C=O) groups excluding carboxylic acids is 1. The summed E-state index contributed by atoms with van der Waals surface area (Å²) in [7, 11) is -2.71. The maximum absolute atomic E-state index is 13.7. The SMILES string of the molecule is COc1cc(/C=C2\SC(=Nc3ccc(C)cc3)N(c3ccc(C)cc3)C2=O)ccc1OS(=O)(=O)c1ccc(Cl)cc1. The lowest BCUT2D eigenvalue weighted by Gasteiger charge is -2.16. The fourth-order valence-corrected chi connectivity index (χ4v) is 6.03. The van der Waals surface area contributed by atoms with E-state index in [1.54, 1.807) is 23.1 Å². The van der Waals surface area contributed by atoms with Crippen LogP contribution in [0.4, 0.5) is 11.4 Å². The van der Waals surface area contributed by atoms with Gasteiger partial charge in [-0.15, -0.1) is 0 Å². The quantitative estimate of drug-likeness (QED) is 0.160. The van der Waals surface area contributed by atoms with Gasteiger partial charge >= 0.3 is 10.1 Å². The van der Waals surface area contributed by atoms with Crippen LogP contribution in [0.25, 0.3) is 6.08 Å². The van der Waals surface area contributed by atoms with E-state index in [1.165, 1.54) is 49.2 Å². The van der Waals surface area contributed by atoms with E-state index < -0.39 is 10.1 Å². The minimum atomic E-state index is -4.12. The van der Waals surface area contributed by atoms with Crippen molar-refractivity contribution in [2.45, 2.75) is 18.7 Å². The number of hydrogen-bond donors (Lipinski definition) is 0. The molecule has 0 bridgehead atoms. The Morgan fingerprint density at radius 2 is 1.49 bits per heavy atom. The summed E-state index contributed by atoms with van der Waals surface area (Å²) in [6, 6.07) is 25.8. The fraction of sp³-hybridized carbons (Fsp3) is 0.0968. The Labute approximate surface area is 248 Å². The van der Waals surface area contributed by atoms with Gasteiger partial charge in [-0.1, -0.05) is 53.1 Å². The summed E-state index contributed by atoms with van der Waals surface area (Å²) in [5.74, 6) is -0.0245. The Bertz CT molecular complexity index is 1770. The summed E-state index contributed by atoms with van der Waals surface area (Å²) in [5, 5.41) is 0.932. The van der Waals surface area contributed by atoms with Crippen molar-refractivity contribution in [1.29, 1.82) is 0 Å². The van der Waals surface area contributed by atoms with Crippen LogP contribution in [0.3, 0.4) is 0 Å². The Morgan fingerprint density at radius 3 is 2.12 bits per heavy atom. The molecule has 0 atom stereocenters. The third-order valence-electron chi connectivity index (χ3n) is 6.14. The van der Waals surface area contributed by atoms with Gasteiger partial charge in [0.05, 0.1) is 23.4 Å². The average Bonchev–Trinajstić information content (AvgIpc) is 3.25. The van der Waals surface area contributed by atoms with Crippen molar-refractivity contribution in [2.75, 3.05) is 12.0 Å². The summed E-state index contributed by atoms with van der Waals surface area (Å²) in [6.07, 6.45) is 1.71. The standard InChI is InChI=1S/C31H25ClN2O5S2/c1-20-4-11-24(12-5-20)33-31-34(25-13-6-21(2)7-14-25)30(35)29(40-31)19-22-8-17-27(28(18-22)38-3)39-41(36,37)26-15-9-23(32)10-16-26/h4-19H,1-3H3/b29-19-,33-31?. The van der Waals surface area contributed by atoms with E-state index in [9.17, 15) is 13.2 Å². The zero-order valence-electron chi connectivity index (χ0n) is 22.4. The van der Waals surface area contributed by atoms with E-state index >= 15 is 0 Å². The number of methoxy groups -OCH3 is 1. The van der Waals surface area contributed by atoms with Gasteiger partial charge in [0.2, 0.25) is 0 Å². The molecule has 0 aromatic heterocycles. The van der Waals surface area contributed by atoms with Gasteiger partial charge in [-0.2, -0.15) is 8.42 Å². The molecule has 1 amide bonds. The van der Waals surface area contributed by atoms with E-state index in [4.69, 9.17) is 25.5 Å². The van der Waals surface area contributed by atoms with Crippen LogP contribution in [0.15, 0.2) is 106 Å². The summed E-state index contributed by atoms with van der Waals surface area (Å²) >= 11 is 7.13. The molecule has 0 unspecified atom stereocenters. The molecule has 0 radical (unpaired) electrons. The second-order valence-corrected chi connectivity index (χ2v) is 12.2. The highest BCUT2D eigenvalue weighted by Crippen LogP contribution is 2.39. The normalized spacial score (nSPS) is 15.5. The number of amides is 1. The van der Waals surface area contributed by atoms with Crippen molar-refractivity contribution in [3.8, 4) is 11.5 Å². The van der Waals surface area contributed by atoms with Gasteiger partial charge in [0.1, 0.15) is 4.90 Å². The third kappa shape index (κ3) is 6.48. The largest absolute Gasteiger partial charge is 0.493 e. The summed E-state index contributed by atoms with van der Waals surface area (Å²) in [4.78, 5) is 20.4. The van der Waals surface area contributed by atoms with Gasteiger partial charge in [0.15, 0.2) is 16.7 Å². The number of carbonyl (C=O) groups is 1. The van der Waals surface area contributed by atoms with E-state index in [1.807, 2.05) is 62.4 Å². The van der Waals surface area contributed by atoms with Crippen molar-refractivity contribution >= 4 is 62.0 Å². The highest BCUT2D eigenvalue weighted by Gasteiger charge is 2.35. The second kappa shape index (κ2) is 11.8. The lowest BCUT2D eigenvalue weighted by atomic mass is 10.1. The lowest BCUT2D eigenvalue weighted by Crippen LogP contribution is -2.28. The third-order valence-corrected chi connectivity index (χ3v) is 8.61. The number of amidine groups is 1. The molecule has 0 aliphatic carbocycles. The lowest BCUT2D eigenvalue weighted by molar-refractivity contribution is -0.113. The average molecular weight is 605 g/mol. The number of anilines is 1. The maximum Gasteiger partial charge on any atom is 0.339 e. The number of nitrogens with zero attached hydrogens (tertiary/aromatic N) is 2. The number of halogens is 1. The van der Waals surface area contributed by atoms with Crippen LogP contribution in [0.5, 0.6) is 11.5 Å². The molecule has 41 heavy (non-hydrogen) atoms. The van der Waals surface area contributed by atoms with E-state index in [2.05, 4.69) is 0 Å². The number of ether oxygens (including phenoxy) is 1. The Kier molecular flexibility index (Phi) is 8.21. The minimum Gasteiger partial charge on any atom is -0.493 e. The smallest absolute Gasteiger partial charge is 0.339 e. The predicted octanol–water partition coefficient (Wildman–Crippen LogP) is 7.54. The van der Waals surface area contributed by atoms with Gasteiger partial charge in [0, 0.05) is 5.02 Å². The van der Waals surface area contributed by atoms with Crippen LogP contribution in [-0.2, 0) is 14.9 Å². The van der Waals surface area contributed by atoms with Gasteiger partial charge in [-0.3, -0.25) is 9.69 Å². The molecule has 0 saturated carbocycles. The molecule has 4 aromatic carbocycles. The summed E-state index contributed by atoms with van der Waals surface area (Å²) in [5.41, 5.74) is 4.25. The van der Waals surface area contributed by atoms with Crippen molar-refractivity contribution in [1.82, 2.24) is 0 Å². The highest BCUT2D eigenvalue weighted by molar-refractivity contribution is 8.19. The van der Waals surface area contributed by atoms with Gasteiger partial charge in [0.25, 0.3) is 5.91 Å². The van der Waals surface area contributed by atoms with Crippen LogP contribution in [0.1, 0.15) is 16.7 Å². The zero-order valence-corrected chi connectivity index (χ0v) is 24.8. The molecule has 0 N–H and O–H groups in total. The summed E-state index contributed by atoms with van der Waals surface area (Å²) in [6.45, 7) is 3.99. The number of aryl methyl sites for hydroxylation is 2. The number of benzene rings is 4. The Balaban J connectivity index is 1.47. The minimum absolute atomic E-state index is 0.0120. The first kappa shape index (κ1) is 28.5. The van der Waals surface area contributed by atoms with Gasteiger partial charge in [-0.05, 0) is 97.9 Å². The zero-order chi connectivity index (χ0) is 29.1. The molecule has 4 aromatic rings. The van der Waals surface area contributed by atoms with E-state index in [0.29, 0.717) is 26.3 Å². The molecule has 208 valence electrons. The van der Waals surface area contributed by atoms with E-state index in [0.717, 1.165) is 16.8 Å². The van der Waals surface area contributed by atoms with Crippen LogP contribution >= 0.6 is 23.4 Å². The second-order valence-electron chi connectivity index (χ2n) is 9.22. The molecule has 5 rings (SSSR count). The highest BCUT2D eigenvalue weighted by atomic mass is 35.5. The molecule has 1 fully saturated rings. The van der Waals surface area contributed by atoms with Gasteiger partial charge < -0.3 is 8.92 Å². The summed E-state index contributed by atoms with van der Waals surface area (Å²) < 4.78 is 36.3. The van der Waals surface area contributed by atoms with Crippen molar-refractivity contribution in [3.05, 3.63) is 118 Å². The van der Waals surface area contributed by atoms with Crippen LogP contribution in [0, 0.1) is 13.8 Å². The number of hydrogen-bond acceptors (Lipinski definition) is 7. The topological polar surface area (TPSA) is 85.3 Å². The maximum atomic E-state index is 13.7. The van der Waals surface area contributed by atoms with Crippen molar-refractivity contribution < 1.29 is 22.1 Å². The fourth-order valence-electron chi connectivity index (χ4n) is 3.96. The first-order valence-electron chi connectivity index (χ1n) is 12.5. The molecular weight excluding hydrogens is 580 g/mol. The van der Waals surface area contributed by atoms with Crippen LogP contribution in [-0.4, -0.2) is 26.6 Å². The van der Waals surface area contributed by atoms with Crippen molar-refractivity contribution in [2.24, 2.45) is 4.99 Å². The molecule has 1 aliphatic rings.